The summed E-state index contributed by atoms with van der Waals surface area (Å²) >= 11 is 0. The molecule has 0 aliphatic carbocycles. The Labute approximate surface area is 135 Å². The molecule has 0 aromatic heterocycles. The molecule has 0 atom stereocenters. The van der Waals surface area contributed by atoms with Crippen LogP contribution in [0, 0.1) is 5.92 Å². The summed E-state index contributed by atoms with van der Waals surface area (Å²) in [6.07, 6.45) is 3.30. The van der Waals surface area contributed by atoms with Gasteiger partial charge in [-0.3, -0.25) is 4.99 Å². The van der Waals surface area contributed by atoms with Crippen LogP contribution in [0.15, 0.2) is 35.3 Å². The van der Waals surface area contributed by atoms with Crippen LogP contribution in [0.4, 0.5) is 0 Å². The van der Waals surface area contributed by atoms with Crippen LogP contribution in [-0.4, -0.2) is 32.7 Å². The van der Waals surface area contributed by atoms with E-state index in [9.17, 15) is 0 Å². The Morgan fingerprint density at radius 1 is 1.09 bits per heavy atom. The van der Waals surface area contributed by atoms with Crippen molar-refractivity contribution >= 4 is 5.96 Å². The van der Waals surface area contributed by atoms with E-state index in [1.54, 1.807) is 0 Å². The van der Waals surface area contributed by atoms with Gasteiger partial charge in [0, 0.05) is 26.7 Å². The molecule has 0 aliphatic rings. The van der Waals surface area contributed by atoms with E-state index in [0.717, 1.165) is 44.9 Å². The fourth-order valence-electron chi connectivity index (χ4n) is 2.00. The minimum atomic E-state index is 0.701. The Bertz CT molecular complexity index is 404. The third-order valence-corrected chi connectivity index (χ3v) is 3.36. The Morgan fingerprint density at radius 2 is 1.82 bits per heavy atom. The molecule has 1 aromatic rings. The molecule has 0 radical (unpaired) electrons. The molecule has 0 spiro atoms. The van der Waals surface area contributed by atoms with Crippen molar-refractivity contribution < 1.29 is 4.74 Å². The van der Waals surface area contributed by atoms with E-state index in [1.807, 2.05) is 25.2 Å². The lowest BCUT2D eigenvalue weighted by Crippen LogP contribution is -2.38. The predicted octanol–water partition coefficient (Wildman–Crippen LogP) is 3.19. The number of aliphatic imine (C=N–C) groups is 1. The highest BCUT2D eigenvalue weighted by atomic mass is 16.5. The second kappa shape index (κ2) is 12.0. The smallest absolute Gasteiger partial charge is 0.190 e. The topological polar surface area (TPSA) is 45.7 Å². The lowest BCUT2D eigenvalue weighted by atomic mass is 10.1. The number of benzene rings is 1. The minimum absolute atomic E-state index is 0.701. The second-order valence-corrected chi connectivity index (χ2v) is 5.85. The molecule has 22 heavy (non-hydrogen) atoms. The molecular weight excluding hydrogens is 274 g/mol. The van der Waals surface area contributed by atoms with Crippen molar-refractivity contribution in [1.29, 1.82) is 0 Å². The van der Waals surface area contributed by atoms with Crippen LogP contribution in [0.5, 0.6) is 0 Å². The summed E-state index contributed by atoms with van der Waals surface area (Å²) in [5.41, 5.74) is 1.23. The lowest BCUT2D eigenvalue weighted by Gasteiger charge is -2.12. The monoisotopic (exact) mass is 305 g/mol. The number of hydrogen-bond acceptors (Lipinski definition) is 2. The standard InChI is InChI=1S/C18H31N3O/c1-16(2)11-13-21-18(19-3)20-12-7-8-14-22-15-17-9-5-4-6-10-17/h4-6,9-10,16H,7-8,11-15H2,1-3H3,(H2,19,20,21). The van der Waals surface area contributed by atoms with Gasteiger partial charge in [0.2, 0.25) is 0 Å². The van der Waals surface area contributed by atoms with E-state index in [-0.39, 0.29) is 0 Å². The highest BCUT2D eigenvalue weighted by Gasteiger charge is 1.98. The zero-order valence-corrected chi connectivity index (χ0v) is 14.3. The maximum Gasteiger partial charge on any atom is 0.190 e. The van der Waals surface area contributed by atoms with Gasteiger partial charge in [0.25, 0.3) is 0 Å². The number of hydrogen-bond donors (Lipinski definition) is 2. The van der Waals surface area contributed by atoms with Gasteiger partial charge in [-0.1, -0.05) is 44.2 Å². The number of ether oxygens (including phenoxy) is 1. The molecule has 0 saturated heterocycles. The van der Waals surface area contributed by atoms with Gasteiger partial charge >= 0.3 is 0 Å². The second-order valence-electron chi connectivity index (χ2n) is 5.85. The Morgan fingerprint density at radius 3 is 2.50 bits per heavy atom. The van der Waals surface area contributed by atoms with Crippen LogP contribution in [0.1, 0.15) is 38.7 Å². The molecule has 0 aliphatic heterocycles. The minimum Gasteiger partial charge on any atom is -0.377 e. The molecular formula is C18H31N3O. The molecule has 1 aromatic carbocycles. The van der Waals surface area contributed by atoms with Gasteiger partial charge in [-0.2, -0.15) is 0 Å². The van der Waals surface area contributed by atoms with Crippen molar-refractivity contribution in [2.75, 3.05) is 26.7 Å². The average Bonchev–Trinajstić information content (AvgIpc) is 2.53. The quantitative estimate of drug-likeness (QED) is 0.396. The van der Waals surface area contributed by atoms with Crippen LogP contribution in [0.3, 0.4) is 0 Å². The fraction of sp³-hybridized carbons (Fsp3) is 0.611. The largest absolute Gasteiger partial charge is 0.377 e. The number of nitrogens with zero attached hydrogens (tertiary/aromatic N) is 1. The summed E-state index contributed by atoms with van der Waals surface area (Å²) in [4.78, 5) is 4.22. The van der Waals surface area contributed by atoms with Gasteiger partial charge in [0.15, 0.2) is 5.96 Å². The molecule has 0 fully saturated rings. The molecule has 0 amide bonds. The van der Waals surface area contributed by atoms with E-state index in [1.165, 1.54) is 5.56 Å². The highest BCUT2D eigenvalue weighted by Crippen LogP contribution is 2.01. The van der Waals surface area contributed by atoms with Crippen LogP contribution >= 0.6 is 0 Å². The van der Waals surface area contributed by atoms with Crippen LogP contribution in [-0.2, 0) is 11.3 Å². The van der Waals surface area contributed by atoms with E-state index in [0.29, 0.717) is 12.5 Å². The van der Waals surface area contributed by atoms with E-state index < -0.39 is 0 Å². The normalized spacial score (nSPS) is 11.7. The van der Waals surface area contributed by atoms with Gasteiger partial charge in [0.05, 0.1) is 6.61 Å². The maximum absolute atomic E-state index is 5.67. The third-order valence-electron chi connectivity index (χ3n) is 3.36. The molecule has 4 heteroatoms. The zero-order valence-electron chi connectivity index (χ0n) is 14.3. The first-order valence-electron chi connectivity index (χ1n) is 8.28. The van der Waals surface area contributed by atoms with Crippen LogP contribution in [0.25, 0.3) is 0 Å². The lowest BCUT2D eigenvalue weighted by molar-refractivity contribution is 0.117. The van der Waals surface area contributed by atoms with Crippen molar-refractivity contribution in [3.8, 4) is 0 Å². The molecule has 2 N–H and O–H groups in total. The summed E-state index contributed by atoms with van der Waals surface area (Å²) in [7, 11) is 1.81. The number of nitrogens with one attached hydrogen (secondary N) is 2. The maximum atomic E-state index is 5.67. The molecule has 4 nitrogen and oxygen atoms in total. The summed E-state index contributed by atoms with van der Waals surface area (Å²) in [5.74, 6) is 1.61. The molecule has 0 bridgehead atoms. The molecule has 0 unspecified atom stereocenters. The summed E-state index contributed by atoms with van der Waals surface area (Å²) in [6, 6.07) is 10.3. The van der Waals surface area contributed by atoms with Gasteiger partial charge in [-0.25, -0.2) is 0 Å². The van der Waals surface area contributed by atoms with Crippen molar-refractivity contribution in [3.63, 3.8) is 0 Å². The SMILES string of the molecule is CN=C(NCCCCOCc1ccccc1)NCCC(C)C. The number of unbranched alkanes of at least 4 members (excludes halogenated alkanes) is 1. The first kappa shape index (κ1) is 18.5. The Kier molecular flexibility index (Phi) is 10.1. The fourth-order valence-corrected chi connectivity index (χ4v) is 2.00. The third kappa shape index (κ3) is 9.40. The van der Waals surface area contributed by atoms with Crippen LogP contribution < -0.4 is 10.6 Å². The summed E-state index contributed by atoms with van der Waals surface area (Å²) < 4.78 is 5.67. The van der Waals surface area contributed by atoms with E-state index >= 15 is 0 Å². The van der Waals surface area contributed by atoms with Crippen molar-refractivity contribution in [1.82, 2.24) is 10.6 Å². The average molecular weight is 305 g/mol. The van der Waals surface area contributed by atoms with E-state index in [4.69, 9.17) is 4.74 Å². The number of guanidine groups is 1. The molecule has 0 heterocycles. The van der Waals surface area contributed by atoms with Gasteiger partial charge in [0.1, 0.15) is 0 Å². The first-order valence-corrected chi connectivity index (χ1v) is 8.28. The van der Waals surface area contributed by atoms with Crippen molar-refractivity contribution in [2.24, 2.45) is 10.9 Å². The summed E-state index contributed by atoms with van der Waals surface area (Å²) in [5, 5.41) is 6.67. The van der Waals surface area contributed by atoms with Crippen molar-refractivity contribution in [3.05, 3.63) is 35.9 Å². The molecule has 0 saturated carbocycles. The Balaban J connectivity index is 1.97. The number of rotatable bonds is 10. The zero-order chi connectivity index (χ0) is 16.0. The van der Waals surface area contributed by atoms with Crippen LogP contribution in [0.2, 0.25) is 0 Å². The first-order chi connectivity index (χ1) is 10.7. The molecule has 1 rings (SSSR count). The van der Waals surface area contributed by atoms with Gasteiger partial charge in [-0.05, 0) is 30.7 Å². The van der Waals surface area contributed by atoms with E-state index in [2.05, 4.69) is 41.6 Å². The summed E-state index contributed by atoms with van der Waals surface area (Å²) in [6.45, 7) is 7.86. The Hall–Kier alpha value is -1.55. The van der Waals surface area contributed by atoms with Crippen molar-refractivity contribution in [2.45, 2.75) is 39.7 Å². The predicted molar refractivity (Wildman–Crippen MR) is 94.2 cm³/mol. The highest BCUT2D eigenvalue weighted by molar-refractivity contribution is 5.79. The van der Waals surface area contributed by atoms with Gasteiger partial charge < -0.3 is 15.4 Å². The van der Waals surface area contributed by atoms with Gasteiger partial charge in [-0.15, -0.1) is 0 Å². The molecule has 124 valence electrons.